The van der Waals surface area contributed by atoms with Gasteiger partial charge in [0.05, 0.1) is 6.54 Å². The first-order valence-electron chi connectivity index (χ1n) is 5.93. The summed E-state index contributed by atoms with van der Waals surface area (Å²) in [5, 5.41) is 2.93. The molecule has 22 heavy (non-hydrogen) atoms. The summed E-state index contributed by atoms with van der Waals surface area (Å²) in [4.78, 5) is 2.57. The Bertz CT molecular complexity index is 686. The maximum Gasteiger partial charge on any atom is 0.453 e. The van der Waals surface area contributed by atoms with E-state index in [9.17, 15) is 26.3 Å². The average Bonchev–Trinajstić information content (AvgIpc) is 2.78. The first-order chi connectivity index (χ1) is 10.00. The number of nitrogens with zero attached hydrogens (tertiary/aromatic N) is 3. The molecule has 4 nitrogen and oxygen atoms in total. The van der Waals surface area contributed by atoms with Crippen molar-refractivity contribution < 1.29 is 26.3 Å². The van der Waals surface area contributed by atoms with Crippen LogP contribution in [0.25, 0.3) is 0 Å². The number of nitrogens with two attached hydrogens (primary N) is 1. The molecule has 10 heteroatoms. The summed E-state index contributed by atoms with van der Waals surface area (Å²) in [5.41, 5.74) is 6.74. The lowest BCUT2D eigenvalue weighted by atomic mass is 10.1. The molecule has 1 aromatic carbocycles. The molecule has 1 heterocycles. The van der Waals surface area contributed by atoms with Gasteiger partial charge in [-0.05, 0) is 24.1 Å². The summed E-state index contributed by atoms with van der Waals surface area (Å²) in [7, 11) is 0. The molecule has 0 aliphatic heterocycles. The minimum atomic E-state index is -5.06. The monoisotopic (exact) mass is 324 g/mol. The number of halogens is 6. The Morgan fingerprint density at radius 2 is 1.73 bits per heavy atom. The van der Waals surface area contributed by atoms with Gasteiger partial charge in [-0.25, -0.2) is 4.68 Å². The normalized spacial score (nSPS) is 12.7. The van der Waals surface area contributed by atoms with Crippen LogP contribution in [0.2, 0.25) is 0 Å². The minimum Gasteiger partial charge on any atom is -0.399 e. The first kappa shape index (κ1) is 16.1. The van der Waals surface area contributed by atoms with Crippen molar-refractivity contribution in [2.45, 2.75) is 25.8 Å². The van der Waals surface area contributed by atoms with E-state index in [1.54, 1.807) is 6.92 Å². The van der Waals surface area contributed by atoms with Gasteiger partial charge >= 0.3 is 12.4 Å². The lowest BCUT2D eigenvalue weighted by Crippen LogP contribution is -2.17. The molecule has 2 rings (SSSR count). The number of benzene rings is 1. The van der Waals surface area contributed by atoms with Crippen molar-refractivity contribution in [1.82, 2.24) is 14.8 Å². The molecule has 0 aliphatic rings. The van der Waals surface area contributed by atoms with Gasteiger partial charge in [0.2, 0.25) is 5.82 Å². The Morgan fingerprint density at radius 3 is 2.27 bits per heavy atom. The Balaban J connectivity index is 2.50. The van der Waals surface area contributed by atoms with Gasteiger partial charge in [0.1, 0.15) is 0 Å². The zero-order valence-corrected chi connectivity index (χ0v) is 11.1. The average molecular weight is 324 g/mol. The van der Waals surface area contributed by atoms with E-state index < -0.39 is 30.5 Å². The van der Waals surface area contributed by atoms with Crippen LogP contribution in [-0.4, -0.2) is 14.8 Å². The van der Waals surface area contributed by atoms with E-state index in [4.69, 9.17) is 5.73 Å². The Morgan fingerprint density at radius 1 is 1.09 bits per heavy atom. The van der Waals surface area contributed by atoms with Crippen LogP contribution in [0.3, 0.4) is 0 Å². The van der Waals surface area contributed by atoms with Crippen molar-refractivity contribution in [3.8, 4) is 0 Å². The lowest BCUT2D eigenvalue weighted by molar-refractivity contribution is -0.150. The highest BCUT2D eigenvalue weighted by atomic mass is 19.4. The summed E-state index contributed by atoms with van der Waals surface area (Å²) in [5.74, 6) is -3.54. The lowest BCUT2D eigenvalue weighted by Gasteiger charge is -2.11. The molecule has 0 fully saturated rings. The van der Waals surface area contributed by atoms with Gasteiger partial charge < -0.3 is 5.73 Å². The van der Waals surface area contributed by atoms with Crippen LogP contribution in [0, 0.1) is 6.92 Å². The molecule has 2 N–H and O–H groups in total. The van der Waals surface area contributed by atoms with E-state index in [0.717, 1.165) is 0 Å². The molecule has 0 saturated carbocycles. The summed E-state index contributed by atoms with van der Waals surface area (Å²) < 4.78 is 76.2. The zero-order chi connectivity index (χ0) is 16.7. The molecule has 0 spiro atoms. The number of nitrogen functional groups attached to an aromatic ring is 1. The Labute approximate surface area is 120 Å². The molecule has 0 amide bonds. The van der Waals surface area contributed by atoms with Crippen molar-refractivity contribution in [3.63, 3.8) is 0 Å². The second-order valence-corrected chi connectivity index (χ2v) is 4.54. The first-order valence-corrected chi connectivity index (χ1v) is 5.93. The van der Waals surface area contributed by atoms with Crippen molar-refractivity contribution in [2.24, 2.45) is 0 Å². The topological polar surface area (TPSA) is 56.7 Å². The quantitative estimate of drug-likeness (QED) is 0.681. The maximum atomic E-state index is 12.8. The molecule has 0 unspecified atom stereocenters. The van der Waals surface area contributed by atoms with Crippen molar-refractivity contribution >= 4 is 5.69 Å². The van der Waals surface area contributed by atoms with Gasteiger partial charge in [0.15, 0.2) is 0 Å². The number of aromatic nitrogens is 3. The number of alkyl halides is 6. The van der Waals surface area contributed by atoms with Gasteiger partial charge in [-0.2, -0.15) is 31.3 Å². The molecule has 0 saturated heterocycles. The SMILES string of the molecule is Cc1c(N)cccc1Cn1nc(C(F)(F)F)nc1C(F)(F)F. The summed E-state index contributed by atoms with van der Waals surface area (Å²) in [6.07, 6.45) is -10.1. The van der Waals surface area contributed by atoms with Crippen LogP contribution >= 0.6 is 0 Å². The fourth-order valence-corrected chi connectivity index (χ4v) is 1.82. The van der Waals surface area contributed by atoms with Crippen LogP contribution < -0.4 is 5.73 Å². The van der Waals surface area contributed by atoms with Gasteiger partial charge in [-0.15, -0.1) is 5.10 Å². The molecule has 0 radical (unpaired) electrons. The second kappa shape index (κ2) is 5.18. The highest BCUT2D eigenvalue weighted by Crippen LogP contribution is 2.33. The smallest absolute Gasteiger partial charge is 0.399 e. The third-order valence-corrected chi connectivity index (χ3v) is 2.99. The van der Waals surface area contributed by atoms with Crippen molar-refractivity contribution in [1.29, 1.82) is 0 Å². The van der Waals surface area contributed by atoms with Crippen LogP contribution in [0.15, 0.2) is 18.2 Å². The molecular formula is C12H10F6N4. The third-order valence-electron chi connectivity index (χ3n) is 2.99. The van der Waals surface area contributed by atoms with Crippen LogP contribution in [0.5, 0.6) is 0 Å². The molecule has 120 valence electrons. The van der Waals surface area contributed by atoms with E-state index >= 15 is 0 Å². The van der Waals surface area contributed by atoms with Gasteiger partial charge in [-0.3, -0.25) is 0 Å². The maximum absolute atomic E-state index is 12.8. The predicted molar refractivity (Wildman–Crippen MR) is 64.7 cm³/mol. The van der Waals surface area contributed by atoms with Gasteiger partial charge in [0.25, 0.3) is 5.82 Å². The molecule has 0 aliphatic carbocycles. The number of hydrogen-bond donors (Lipinski definition) is 1. The van der Waals surface area contributed by atoms with E-state index in [-0.39, 0.29) is 4.68 Å². The highest BCUT2D eigenvalue weighted by Gasteiger charge is 2.44. The molecular weight excluding hydrogens is 314 g/mol. The molecule has 0 atom stereocenters. The van der Waals surface area contributed by atoms with Gasteiger partial charge in [-0.1, -0.05) is 12.1 Å². The van der Waals surface area contributed by atoms with Crippen LogP contribution in [0.1, 0.15) is 22.8 Å². The number of hydrogen-bond acceptors (Lipinski definition) is 3. The van der Waals surface area contributed by atoms with E-state index in [1.807, 2.05) is 0 Å². The number of rotatable bonds is 2. The summed E-state index contributed by atoms with van der Waals surface area (Å²) in [6, 6.07) is 4.49. The van der Waals surface area contributed by atoms with E-state index in [1.165, 1.54) is 18.2 Å². The predicted octanol–water partition coefficient (Wildman–Crippen LogP) is 3.25. The Kier molecular flexibility index (Phi) is 3.80. The third kappa shape index (κ3) is 3.15. The molecule has 2 aromatic rings. The van der Waals surface area contributed by atoms with E-state index in [0.29, 0.717) is 16.8 Å². The Hall–Kier alpha value is -2.26. The second-order valence-electron chi connectivity index (χ2n) is 4.54. The van der Waals surface area contributed by atoms with E-state index in [2.05, 4.69) is 10.1 Å². The zero-order valence-electron chi connectivity index (χ0n) is 11.1. The van der Waals surface area contributed by atoms with Crippen LogP contribution in [-0.2, 0) is 18.9 Å². The van der Waals surface area contributed by atoms with Crippen LogP contribution in [0.4, 0.5) is 32.0 Å². The fourth-order valence-electron chi connectivity index (χ4n) is 1.82. The van der Waals surface area contributed by atoms with Crippen molar-refractivity contribution in [3.05, 3.63) is 41.0 Å². The standard InChI is InChI=1S/C12H10F6N4/c1-6-7(3-2-4-8(6)19)5-22-10(12(16,17)18)20-9(21-22)11(13,14)15/h2-4H,5,19H2,1H3. The summed E-state index contributed by atoms with van der Waals surface area (Å²) >= 11 is 0. The number of anilines is 1. The minimum absolute atomic E-state index is 0.185. The molecule has 0 bridgehead atoms. The molecule has 1 aromatic heterocycles. The highest BCUT2D eigenvalue weighted by molar-refractivity contribution is 5.50. The van der Waals surface area contributed by atoms with Crippen molar-refractivity contribution in [2.75, 3.05) is 5.73 Å². The summed E-state index contributed by atoms with van der Waals surface area (Å²) in [6.45, 7) is 1.04. The van der Waals surface area contributed by atoms with Gasteiger partial charge in [0, 0.05) is 5.69 Å². The fraction of sp³-hybridized carbons (Fsp3) is 0.333. The largest absolute Gasteiger partial charge is 0.453 e.